The van der Waals surface area contributed by atoms with Gasteiger partial charge in [-0.3, -0.25) is 9.89 Å². The average Bonchev–Trinajstić information content (AvgIpc) is 2.81. The van der Waals surface area contributed by atoms with Crippen molar-refractivity contribution < 1.29 is 4.79 Å². The van der Waals surface area contributed by atoms with Crippen LogP contribution in [-0.4, -0.2) is 27.1 Å². The van der Waals surface area contributed by atoms with Crippen molar-refractivity contribution in [2.75, 3.05) is 0 Å². The summed E-state index contributed by atoms with van der Waals surface area (Å²) in [7, 11) is 0. The van der Waals surface area contributed by atoms with Crippen molar-refractivity contribution in [2.24, 2.45) is 5.92 Å². The van der Waals surface area contributed by atoms with Crippen molar-refractivity contribution in [3.8, 4) is 0 Å². The number of H-pyrrole nitrogens is 1. The quantitative estimate of drug-likeness (QED) is 0.859. The molecule has 1 aromatic rings. The number of hydrogen-bond donors (Lipinski definition) is 2. The minimum Gasteiger partial charge on any atom is -0.347 e. The van der Waals surface area contributed by atoms with Gasteiger partial charge in [0.2, 0.25) is 5.82 Å². The highest BCUT2D eigenvalue weighted by Gasteiger charge is 2.21. The lowest BCUT2D eigenvalue weighted by Crippen LogP contribution is -2.37. The standard InChI is InChI=1S/C13H22N4O/c1-3-4-11-15-12(17-16-11)13(18)14-10-7-5-9(2)6-8-10/h9-10H,3-8H2,1-2H3,(H,14,18)(H,15,16,17). The Balaban J connectivity index is 1.86. The van der Waals surface area contributed by atoms with Gasteiger partial charge in [0.15, 0.2) is 0 Å². The largest absolute Gasteiger partial charge is 0.347 e. The lowest BCUT2D eigenvalue weighted by molar-refractivity contribution is 0.0912. The second-order valence-corrected chi connectivity index (χ2v) is 5.29. The highest BCUT2D eigenvalue weighted by molar-refractivity contribution is 5.90. The molecular weight excluding hydrogens is 228 g/mol. The summed E-state index contributed by atoms with van der Waals surface area (Å²) in [6.45, 7) is 4.34. The van der Waals surface area contributed by atoms with E-state index in [2.05, 4.69) is 34.3 Å². The molecule has 18 heavy (non-hydrogen) atoms. The SMILES string of the molecule is CCCc1nc(C(=O)NC2CCC(C)CC2)n[nH]1. The first-order valence-corrected chi connectivity index (χ1v) is 6.91. The molecule has 0 saturated heterocycles. The summed E-state index contributed by atoms with van der Waals surface area (Å²) in [6, 6.07) is 0.293. The van der Waals surface area contributed by atoms with E-state index >= 15 is 0 Å². The molecule has 5 nitrogen and oxygen atoms in total. The molecule has 0 spiro atoms. The number of amides is 1. The molecule has 1 aromatic heterocycles. The molecule has 1 fully saturated rings. The third-order valence-corrected chi connectivity index (χ3v) is 3.57. The van der Waals surface area contributed by atoms with E-state index in [9.17, 15) is 4.79 Å². The Morgan fingerprint density at radius 2 is 2.11 bits per heavy atom. The number of carbonyl (C=O) groups excluding carboxylic acids is 1. The highest BCUT2D eigenvalue weighted by atomic mass is 16.2. The van der Waals surface area contributed by atoms with Crippen LogP contribution in [0.3, 0.4) is 0 Å². The number of aryl methyl sites for hydroxylation is 1. The van der Waals surface area contributed by atoms with Gasteiger partial charge < -0.3 is 5.32 Å². The van der Waals surface area contributed by atoms with Crippen molar-refractivity contribution in [1.29, 1.82) is 0 Å². The highest BCUT2D eigenvalue weighted by Crippen LogP contribution is 2.23. The molecule has 2 N–H and O–H groups in total. The van der Waals surface area contributed by atoms with Crippen LogP contribution >= 0.6 is 0 Å². The predicted molar refractivity (Wildman–Crippen MR) is 69.3 cm³/mol. The van der Waals surface area contributed by atoms with E-state index in [1.165, 1.54) is 12.8 Å². The number of hydrogen-bond acceptors (Lipinski definition) is 3. The van der Waals surface area contributed by atoms with Crippen LogP contribution in [0.15, 0.2) is 0 Å². The molecule has 0 aliphatic heterocycles. The van der Waals surface area contributed by atoms with Crippen LogP contribution in [0.4, 0.5) is 0 Å². The summed E-state index contributed by atoms with van der Waals surface area (Å²) < 4.78 is 0. The van der Waals surface area contributed by atoms with Gasteiger partial charge in [-0.1, -0.05) is 13.8 Å². The maximum Gasteiger partial charge on any atom is 0.291 e. The summed E-state index contributed by atoms with van der Waals surface area (Å²) in [5.74, 6) is 1.71. The van der Waals surface area contributed by atoms with Crippen molar-refractivity contribution in [3.63, 3.8) is 0 Å². The summed E-state index contributed by atoms with van der Waals surface area (Å²) in [5, 5.41) is 9.80. The van der Waals surface area contributed by atoms with Gasteiger partial charge >= 0.3 is 0 Å². The van der Waals surface area contributed by atoms with Crippen LogP contribution in [0, 0.1) is 5.92 Å². The fraction of sp³-hybridized carbons (Fsp3) is 0.769. The molecule has 1 aliphatic rings. The molecule has 0 atom stereocenters. The minimum absolute atomic E-state index is 0.145. The van der Waals surface area contributed by atoms with E-state index in [0.717, 1.165) is 37.4 Å². The zero-order valence-electron chi connectivity index (χ0n) is 11.2. The Labute approximate surface area is 108 Å². The number of nitrogens with zero attached hydrogens (tertiary/aromatic N) is 2. The number of carbonyl (C=O) groups is 1. The molecule has 0 unspecified atom stereocenters. The molecule has 1 saturated carbocycles. The second-order valence-electron chi connectivity index (χ2n) is 5.29. The van der Waals surface area contributed by atoms with E-state index in [1.807, 2.05) is 0 Å². The summed E-state index contributed by atoms with van der Waals surface area (Å²) >= 11 is 0. The molecule has 5 heteroatoms. The number of aromatic amines is 1. The third kappa shape index (κ3) is 3.31. The van der Waals surface area contributed by atoms with Gasteiger partial charge in [0.05, 0.1) is 0 Å². The Kier molecular flexibility index (Phi) is 4.33. The molecular formula is C13H22N4O. The normalized spacial score (nSPS) is 23.9. The van der Waals surface area contributed by atoms with Crippen molar-refractivity contribution in [1.82, 2.24) is 20.5 Å². The van der Waals surface area contributed by atoms with Crippen molar-refractivity contribution >= 4 is 5.91 Å². The smallest absolute Gasteiger partial charge is 0.291 e. The first-order valence-electron chi connectivity index (χ1n) is 6.91. The molecule has 0 bridgehead atoms. The molecule has 100 valence electrons. The maximum absolute atomic E-state index is 12.0. The second kappa shape index (κ2) is 5.98. The van der Waals surface area contributed by atoms with Gasteiger partial charge in [-0.05, 0) is 38.0 Å². The van der Waals surface area contributed by atoms with Gasteiger partial charge in [0, 0.05) is 12.5 Å². The van der Waals surface area contributed by atoms with Crippen LogP contribution in [0.5, 0.6) is 0 Å². The van der Waals surface area contributed by atoms with E-state index in [1.54, 1.807) is 0 Å². The van der Waals surface area contributed by atoms with Gasteiger partial charge in [0.1, 0.15) is 5.82 Å². The number of nitrogens with one attached hydrogen (secondary N) is 2. The topological polar surface area (TPSA) is 70.7 Å². The Morgan fingerprint density at radius 1 is 1.39 bits per heavy atom. The zero-order chi connectivity index (χ0) is 13.0. The Morgan fingerprint density at radius 3 is 2.78 bits per heavy atom. The van der Waals surface area contributed by atoms with Crippen LogP contribution < -0.4 is 5.32 Å². The Bertz CT molecular complexity index is 393. The summed E-state index contributed by atoms with van der Waals surface area (Å²) in [5.41, 5.74) is 0. The number of rotatable bonds is 4. The fourth-order valence-electron chi connectivity index (χ4n) is 2.40. The van der Waals surface area contributed by atoms with E-state index in [-0.39, 0.29) is 11.7 Å². The van der Waals surface area contributed by atoms with Crippen LogP contribution in [0.25, 0.3) is 0 Å². The van der Waals surface area contributed by atoms with Crippen molar-refractivity contribution in [2.45, 2.75) is 58.4 Å². The first kappa shape index (κ1) is 13.1. The molecule has 0 aromatic carbocycles. The molecule has 2 rings (SSSR count). The van der Waals surface area contributed by atoms with Gasteiger partial charge in [0.25, 0.3) is 5.91 Å². The van der Waals surface area contributed by atoms with Gasteiger partial charge in [-0.15, -0.1) is 5.10 Å². The van der Waals surface area contributed by atoms with E-state index in [0.29, 0.717) is 6.04 Å². The summed E-state index contributed by atoms with van der Waals surface area (Å²) in [6.07, 6.45) is 6.36. The van der Waals surface area contributed by atoms with E-state index < -0.39 is 0 Å². The molecule has 0 radical (unpaired) electrons. The Hall–Kier alpha value is -1.39. The average molecular weight is 250 g/mol. The van der Waals surface area contributed by atoms with Crippen LogP contribution in [0.2, 0.25) is 0 Å². The molecule has 1 aliphatic carbocycles. The summed E-state index contributed by atoms with van der Waals surface area (Å²) in [4.78, 5) is 16.2. The first-order chi connectivity index (χ1) is 8.69. The minimum atomic E-state index is -0.145. The number of aromatic nitrogens is 3. The lowest BCUT2D eigenvalue weighted by Gasteiger charge is -2.26. The van der Waals surface area contributed by atoms with Crippen LogP contribution in [-0.2, 0) is 6.42 Å². The third-order valence-electron chi connectivity index (χ3n) is 3.57. The zero-order valence-corrected chi connectivity index (χ0v) is 11.2. The fourth-order valence-corrected chi connectivity index (χ4v) is 2.40. The molecule has 1 amide bonds. The van der Waals surface area contributed by atoms with E-state index in [4.69, 9.17) is 0 Å². The van der Waals surface area contributed by atoms with Gasteiger partial charge in [-0.2, -0.15) is 0 Å². The van der Waals surface area contributed by atoms with Gasteiger partial charge in [-0.25, -0.2) is 4.98 Å². The molecule has 1 heterocycles. The lowest BCUT2D eigenvalue weighted by atomic mass is 9.87. The maximum atomic E-state index is 12.0. The van der Waals surface area contributed by atoms with Crippen LogP contribution in [0.1, 0.15) is 62.4 Å². The monoisotopic (exact) mass is 250 g/mol. The van der Waals surface area contributed by atoms with Crippen molar-refractivity contribution in [3.05, 3.63) is 11.6 Å². The predicted octanol–water partition coefficient (Wildman–Crippen LogP) is 2.07.